The molecule has 0 saturated carbocycles. The number of benzene rings is 1. The van der Waals surface area contributed by atoms with E-state index in [1.54, 1.807) is 0 Å². The molecule has 0 aliphatic carbocycles. The van der Waals surface area contributed by atoms with Gasteiger partial charge < -0.3 is 14.7 Å². The highest BCUT2D eigenvalue weighted by Crippen LogP contribution is 2.26. The Morgan fingerprint density at radius 3 is 2.38 bits per heavy atom. The van der Waals surface area contributed by atoms with Gasteiger partial charge in [0.25, 0.3) is 0 Å². The van der Waals surface area contributed by atoms with Crippen LogP contribution in [-0.2, 0) is 17.6 Å². The average molecular weight is 445 g/mol. The quantitative estimate of drug-likeness (QED) is 0.607. The van der Waals surface area contributed by atoms with Gasteiger partial charge in [-0.1, -0.05) is 32.9 Å². The molecule has 6 nitrogen and oxygen atoms in total. The van der Waals surface area contributed by atoms with Crippen LogP contribution in [0.3, 0.4) is 0 Å². The van der Waals surface area contributed by atoms with E-state index in [0.29, 0.717) is 32.1 Å². The molecule has 2 aromatic rings. The van der Waals surface area contributed by atoms with E-state index in [0.717, 1.165) is 61.1 Å². The van der Waals surface area contributed by atoms with Crippen molar-refractivity contribution in [2.75, 3.05) is 50.8 Å². The Hall–Kier alpha value is -2.09. The second kappa shape index (κ2) is 11.7. The van der Waals surface area contributed by atoms with Gasteiger partial charge in [-0.05, 0) is 37.0 Å². The fraction of sp³-hybridized carbons (Fsp3) is 0.600. The van der Waals surface area contributed by atoms with Gasteiger partial charge in [-0.3, -0.25) is 4.90 Å². The first-order valence-electron chi connectivity index (χ1n) is 11.7. The molecule has 1 aliphatic rings. The summed E-state index contributed by atoms with van der Waals surface area (Å²) in [5.41, 5.74) is 3.23. The van der Waals surface area contributed by atoms with E-state index < -0.39 is 6.10 Å². The fourth-order valence-corrected chi connectivity index (χ4v) is 4.11. The maximum Gasteiger partial charge on any atom is 0.136 e. The van der Waals surface area contributed by atoms with Crippen LogP contribution >= 0.6 is 0 Å². The molecule has 1 N–H and O–H groups in total. The van der Waals surface area contributed by atoms with Crippen molar-refractivity contribution in [1.82, 2.24) is 14.9 Å². The Morgan fingerprint density at radius 1 is 1.06 bits per heavy atom. The lowest BCUT2D eigenvalue weighted by atomic mass is 10.0. The Bertz CT molecular complexity index is 852. The van der Waals surface area contributed by atoms with Crippen LogP contribution in [0.4, 0.5) is 10.2 Å². The number of aryl methyl sites for hydroxylation is 2. The molecule has 0 radical (unpaired) electrons. The van der Waals surface area contributed by atoms with E-state index in [1.807, 2.05) is 19.1 Å². The number of aliphatic hydroxyl groups is 1. The summed E-state index contributed by atoms with van der Waals surface area (Å²) in [6.07, 6.45) is 1.04. The number of aliphatic hydroxyl groups excluding tert-OH is 1. The van der Waals surface area contributed by atoms with Crippen molar-refractivity contribution in [2.45, 2.75) is 46.6 Å². The SMILES string of the molecule is CCc1nc(C)nc(N2CCN(C[C@H](O)COCC(C)C)CC2)c1Cc1ccc(F)cc1. The maximum absolute atomic E-state index is 13.4. The molecule has 1 fully saturated rings. The highest BCUT2D eigenvalue weighted by molar-refractivity contribution is 5.52. The van der Waals surface area contributed by atoms with E-state index >= 15 is 0 Å². The number of β-amino-alcohol motifs (C(OH)–C–C–N with tert-alkyl or cyclic N) is 1. The largest absolute Gasteiger partial charge is 0.389 e. The third-order valence-electron chi connectivity index (χ3n) is 5.71. The van der Waals surface area contributed by atoms with Gasteiger partial charge in [0.05, 0.1) is 12.7 Å². The van der Waals surface area contributed by atoms with E-state index in [9.17, 15) is 9.50 Å². The lowest BCUT2D eigenvalue weighted by Crippen LogP contribution is -2.49. The lowest BCUT2D eigenvalue weighted by molar-refractivity contribution is 0.00745. The number of hydrogen-bond acceptors (Lipinski definition) is 6. The van der Waals surface area contributed by atoms with Crippen LogP contribution in [-0.4, -0.2) is 72.0 Å². The summed E-state index contributed by atoms with van der Waals surface area (Å²) in [5.74, 6) is 2.01. The minimum absolute atomic E-state index is 0.224. The molecular weight excluding hydrogens is 407 g/mol. The van der Waals surface area contributed by atoms with E-state index in [4.69, 9.17) is 9.72 Å². The van der Waals surface area contributed by atoms with Crippen molar-refractivity contribution in [3.63, 3.8) is 0 Å². The Balaban J connectivity index is 1.66. The first-order valence-corrected chi connectivity index (χ1v) is 11.7. The zero-order valence-electron chi connectivity index (χ0n) is 19.9. The van der Waals surface area contributed by atoms with Crippen LogP contribution in [0.5, 0.6) is 0 Å². The summed E-state index contributed by atoms with van der Waals surface area (Å²) in [5, 5.41) is 10.3. The van der Waals surface area contributed by atoms with Gasteiger partial charge in [-0.15, -0.1) is 0 Å². The number of ether oxygens (including phenoxy) is 1. The van der Waals surface area contributed by atoms with E-state index in [2.05, 4.69) is 35.6 Å². The fourth-order valence-electron chi connectivity index (χ4n) is 4.11. The maximum atomic E-state index is 13.4. The van der Waals surface area contributed by atoms with Crippen molar-refractivity contribution in [2.24, 2.45) is 5.92 Å². The van der Waals surface area contributed by atoms with Crippen LogP contribution < -0.4 is 4.90 Å². The number of nitrogens with zero attached hydrogens (tertiary/aromatic N) is 4. The Morgan fingerprint density at radius 2 is 1.75 bits per heavy atom. The summed E-state index contributed by atoms with van der Waals surface area (Å²) in [4.78, 5) is 14.1. The first-order chi connectivity index (χ1) is 15.4. The van der Waals surface area contributed by atoms with E-state index in [-0.39, 0.29) is 5.82 Å². The molecule has 0 amide bonds. The minimum Gasteiger partial charge on any atom is -0.389 e. The van der Waals surface area contributed by atoms with Gasteiger partial charge in [-0.2, -0.15) is 0 Å². The molecule has 1 atom stereocenters. The van der Waals surface area contributed by atoms with Gasteiger partial charge in [0.15, 0.2) is 0 Å². The molecule has 0 spiro atoms. The van der Waals surface area contributed by atoms with Gasteiger partial charge in [0.2, 0.25) is 0 Å². The second-order valence-electron chi connectivity index (χ2n) is 9.05. The average Bonchev–Trinajstić information content (AvgIpc) is 2.76. The third kappa shape index (κ3) is 6.95. The van der Waals surface area contributed by atoms with Crippen LogP contribution in [0.25, 0.3) is 0 Å². The van der Waals surface area contributed by atoms with Crippen molar-refractivity contribution >= 4 is 5.82 Å². The molecule has 1 saturated heterocycles. The molecule has 32 heavy (non-hydrogen) atoms. The highest BCUT2D eigenvalue weighted by Gasteiger charge is 2.24. The monoisotopic (exact) mass is 444 g/mol. The highest BCUT2D eigenvalue weighted by atomic mass is 19.1. The number of hydrogen-bond donors (Lipinski definition) is 1. The Kier molecular flexibility index (Phi) is 8.96. The van der Waals surface area contributed by atoms with Gasteiger partial charge in [-0.25, -0.2) is 14.4 Å². The smallest absolute Gasteiger partial charge is 0.136 e. The predicted molar refractivity (Wildman–Crippen MR) is 126 cm³/mol. The number of rotatable bonds is 10. The molecule has 0 unspecified atom stereocenters. The van der Waals surface area contributed by atoms with Crippen LogP contribution in [0, 0.1) is 18.7 Å². The molecule has 2 heterocycles. The standard InChI is InChI=1S/C25H37FN4O2/c1-5-24-23(14-20-6-8-21(26)9-7-20)25(28-19(4)27-24)30-12-10-29(11-13-30)15-22(31)17-32-16-18(2)3/h6-9,18,22,31H,5,10-17H2,1-4H3/t22-/m0/s1. The number of piperazine rings is 1. The van der Waals surface area contributed by atoms with Crippen molar-refractivity contribution < 1.29 is 14.2 Å². The second-order valence-corrected chi connectivity index (χ2v) is 9.05. The summed E-state index contributed by atoms with van der Waals surface area (Å²) in [7, 11) is 0. The van der Waals surface area contributed by atoms with Crippen molar-refractivity contribution in [3.05, 3.63) is 52.7 Å². The van der Waals surface area contributed by atoms with E-state index in [1.165, 1.54) is 12.1 Å². The van der Waals surface area contributed by atoms with Crippen molar-refractivity contribution in [1.29, 1.82) is 0 Å². The van der Waals surface area contributed by atoms with Crippen molar-refractivity contribution in [3.8, 4) is 0 Å². The molecule has 3 rings (SSSR count). The number of halogens is 1. The molecule has 1 aromatic carbocycles. The lowest BCUT2D eigenvalue weighted by Gasteiger charge is -2.37. The number of aromatic nitrogens is 2. The summed E-state index contributed by atoms with van der Waals surface area (Å²) >= 11 is 0. The van der Waals surface area contributed by atoms with Crippen LogP contribution in [0.15, 0.2) is 24.3 Å². The predicted octanol–water partition coefficient (Wildman–Crippen LogP) is 3.23. The summed E-state index contributed by atoms with van der Waals surface area (Å²) in [6.45, 7) is 13.4. The molecule has 1 aliphatic heterocycles. The van der Waals surface area contributed by atoms with Gasteiger partial charge >= 0.3 is 0 Å². The zero-order chi connectivity index (χ0) is 23.1. The summed E-state index contributed by atoms with van der Waals surface area (Å²) < 4.78 is 18.9. The normalized spacial score (nSPS) is 16.0. The molecule has 176 valence electrons. The minimum atomic E-state index is -0.470. The molecular formula is C25H37FN4O2. The number of anilines is 1. The van der Waals surface area contributed by atoms with Gasteiger partial charge in [0.1, 0.15) is 17.5 Å². The van der Waals surface area contributed by atoms with Crippen LogP contribution in [0.1, 0.15) is 43.4 Å². The molecule has 0 bridgehead atoms. The first kappa shape index (κ1) is 24.6. The van der Waals surface area contributed by atoms with Crippen LogP contribution in [0.2, 0.25) is 0 Å². The third-order valence-corrected chi connectivity index (χ3v) is 5.71. The van der Waals surface area contributed by atoms with Gasteiger partial charge in [0, 0.05) is 57.0 Å². The zero-order valence-corrected chi connectivity index (χ0v) is 19.9. The topological polar surface area (TPSA) is 61.7 Å². The summed E-state index contributed by atoms with van der Waals surface area (Å²) in [6, 6.07) is 6.67. The molecule has 1 aromatic heterocycles. The molecule has 7 heteroatoms. The Labute approximate surface area is 191 Å².